The monoisotopic (exact) mass is 348 g/mol. The largest absolute Gasteiger partial charge is 0.497 e. The fraction of sp³-hybridized carbons (Fsp3) is 0.632. The molecule has 1 unspecified atom stereocenters. The summed E-state index contributed by atoms with van der Waals surface area (Å²) in [7, 11) is 5.20. The number of hydrogen-bond acceptors (Lipinski definition) is 4. The van der Waals surface area contributed by atoms with Gasteiger partial charge in [0.25, 0.3) is 0 Å². The van der Waals surface area contributed by atoms with E-state index in [-0.39, 0.29) is 0 Å². The van der Waals surface area contributed by atoms with Gasteiger partial charge >= 0.3 is 0 Å². The van der Waals surface area contributed by atoms with Crippen molar-refractivity contribution in [3.63, 3.8) is 0 Å². The van der Waals surface area contributed by atoms with Gasteiger partial charge in [0.2, 0.25) is 0 Å². The highest BCUT2D eigenvalue weighted by Crippen LogP contribution is 2.24. The lowest BCUT2D eigenvalue weighted by atomic mass is 10.2. The van der Waals surface area contributed by atoms with Gasteiger partial charge in [-0.15, -0.1) is 0 Å². The van der Waals surface area contributed by atoms with Crippen LogP contribution in [-0.2, 0) is 6.54 Å². The molecule has 140 valence electrons. The summed E-state index contributed by atoms with van der Waals surface area (Å²) in [6, 6.07) is 6.49. The van der Waals surface area contributed by atoms with Gasteiger partial charge in [-0.1, -0.05) is 13.3 Å². The molecule has 0 radical (unpaired) electrons. The molecule has 1 aromatic rings. The number of ether oxygens (including phenoxy) is 2. The second-order valence-corrected chi connectivity index (χ2v) is 6.44. The van der Waals surface area contributed by atoms with Crippen LogP contribution >= 0.6 is 0 Å². The van der Waals surface area contributed by atoms with Crippen LogP contribution in [0, 0.1) is 0 Å². The second-order valence-electron chi connectivity index (χ2n) is 6.44. The van der Waals surface area contributed by atoms with Gasteiger partial charge in [-0.3, -0.25) is 9.89 Å². The highest BCUT2D eigenvalue weighted by Gasteiger charge is 2.23. The minimum atomic E-state index is 0.431. The predicted octanol–water partition coefficient (Wildman–Crippen LogP) is 2.24. The van der Waals surface area contributed by atoms with Gasteiger partial charge < -0.3 is 20.1 Å². The average molecular weight is 348 g/mol. The number of guanidine groups is 1. The smallest absolute Gasteiger partial charge is 0.191 e. The van der Waals surface area contributed by atoms with Gasteiger partial charge in [0.15, 0.2) is 5.96 Å². The van der Waals surface area contributed by atoms with Crippen molar-refractivity contribution in [2.24, 2.45) is 4.99 Å². The summed E-state index contributed by atoms with van der Waals surface area (Å²) in [5.41, 5.74) is 1.21. The summed E-state index contributed by atoms with van der Waals surface area (Å²) < 4.78 is 10.7. The van der Waals surface area contributed by atoms with Crippen LogP contribution in [0.25, 0.3) is 0 Å². The SMILES string of the molecule is CCCCNC(=NC)NC1CCN(Cc2cc(OC)cc(OC)c2)C1. The molecule has 1 fully saturated rings. The van der Waals surface area contributed by atoms with Crippen molar-refractivity contribution in [3.05, 3.63) is 23.8 Å². The Morgan fingerprint density at radius 3 is 2.56 bits per heavy atom. The first-order valence-corrected chi connectivity index (χ1v) is 9.10. The third-order valence-electron chi connectivity index (χ3n) is 4.48. The number of unbranched alkanes of at least 4 members (excludes halogenated alkanes) is 1. The second kappa shape index (κ2) is 10.1. The van der Waals surface area contributed by atoms with E-state index in [1.807, 2.05) is 13.1 Å². The van der Waals surface area contributed by atoms with Crippen LogP contribution in [0.5, 0.6) is 11.5 Å². The van der Waals surface area contributed by atoms with Gasteiger partial charge in [0, 0.05) is 45.3 Å². The molecule has 1 aromatic carbocycles. The maximum absolute atomic E-state index is 5.36. The van der Waals surface area contributed by atoms with Crippen LogP contribution in [0.2, 0.25) is 0 Å². The van der Waals surface area contributed by atoms with E-state index >= 15 is 0 Å². The molecule has 0 spiro atoms. The molecule has 0 bridgehead atoms. The lowest BCUT2D eigenvalue weighted by Crippen LogP contribution is -2.44. The highest BCUT2D eigenvalue weighted by atomic mass is 16.5. The summed E-state index contributed by atoms with van der Waals surface area (Å²) in [6.45, 7) is 6.14. The predicted molar refractivity (Wildman–Crippen MR) is 103 cm³/mol. The number of likely N-dealkylation sites (tertiary alicyclic amines) is 1. The Labute approximate surface area is 151 Å². The van der Waals surface area contributed by atoms with Gasteiger partial charge in [-0.25, -0.2) is 0 Å². The molecule has 0 saturated carbocycles. The fourth-order valence-electron chi connectivity index (χ4n) is 3.08. The Balaban J connectivity index is 1.86. The van der Waals surface area contributed by atoms with E-state index < -0.39 is 0 Å². The van der Waals surface area contributed by atoms with Crippen LogP contribution in [0.1, 0.15) is 31.7 Å². The molecule has 1 aliphatic heterocycles. The molecule has 6 heteroatoms. The van der Waals surface area contributed by atoms with Crippen molar-refractivity contribution in [1.82, 2.24) is 15.5 Å². The van der Waals surface area contributed by atoms with E-state index in [4.69, 9.17) is 9.47 Å². The maximum Gasteiger partial charge on any atom is 0.191 e. The zero-order valence-electron chi connectivity index (χ0n) is 16.0. The lowest BCUT2D eigenvalue weighted by molar-refractivity contribution is 0.321. The highest BCUT2D eigenvalue weighted by molar-refractivity contribution is 5.79. The molecule has 1 aliphatic rings. The zero-order valence-corrected chi connectivity index (χ0v) is 16.0. The standard InChI is InChI=1S/C19H32N4O2/c1-5-6-8-21-19(20-2)22-16-7-9-23(14-16)13-15-10-17(24-3)12-18(11-15)25-4/h10-12,16H,5-9,13-14H2,1-4H3,(H2,20,21,22). The lowest BCUT2D eigenvalue weighted by Gasteiger charge is -2.19. The quantitative estimate of drug-likeness (QED) is 0.429. The van der Waals surface area contributed by atoms with Crippen molar-refractivity contribution in [2.45, 2.75) is 38.8 Å². The summed E-state index contributed by atoms with van der Waals surface area (Å²) in [4.78, 5) is 6.77. The number of rotatable bonds is 8. The minimum absolute atomic E-state index is 0.431. The van der Waals surface area contributed by atoms with Gasteiger partial charge in [-0.2, -0.15) is 0 Å². The van der Waals surface area contributed by atoms with Crippen LogP contribution in [-0.4, -0.2) is 57.8 Å². The van der Waals surface area contributed by atoms with Crippen LogP contribution < -0.4 is 20.1 Å². The third-order valence-corrected chi connectivity index (χ3v) is 4.48. The number of methoxy groups -OCH3 is 2. The topological polar surface area (TPSA) is 58.1 Å². The van der Waals surface area contributed by atoms with Crippen molar-refractivity contribution in [3.8, 4) is 11.5 Å². The Bertz CT molecular complexity index is 540. The molecular formula is C19H32N4O2. The van der Waals surface area contributed by atoms with E-state index in [1.165, 1.54) is 12.0 Å². The fourth-order valence-corrected chi connectivity index (χ4v) is 3.08. The van der Waals surface area contributed by atoms with Crippen molar-refractivity contribution >= 4 is 5.96 Å². The Hall–Kier alpha value is -1.95. The van der Waals surface area contributed by atoms with Gasteiger partial charge in [0.1, 0.15) is 11.5 Å². The first-order valence-electron chi connectivity index (χ1n) is 9.10. The van der Waals surface area contributed by atoms with E-state index in [9.17, 15) is 0 Å². The molecule has 6 nitrogen and oxygen atoms in total. The van der Waals surface area contributed by atoms with Gasteiger partial charge in [0.05, 0.1) is 14.2 Å². The number of hydrogen-bond donors (Lipinski definition) is 2. The molecule has 1 saturated heterocycles. The Kier molecular flexibility index (Phi) is 7.85. The number of nitrogens with zero attached hydrogens (tertiary/aromatic N) is 2. The summed E-state index contributed by atoms with van der Waals surface area (Å²) in [6.07, 6.45) is 3.47. The molecule has 25 heavy (non-hydrogen) atoms. The number of aliphatic imine (C=N–C) groups is 1. The molecule has 2 rings (SSSR count). The molecule has 1 heterocycles. The van der Waals surface area contributed by atoms with E-state index in [2.05, 4.69) is 39.6 Å². The average Bonchev–Trinajstić information content (AvgIpc) is 3.07. The summed E-state index contributed by atoms with van der Waals surface area (Å²) in [5, 5.41) is 6.91. The van der Waals surface area contributed by atoms with E-state index in [1.54, 1.807) is 14.2 Å². The molecule has 0 aliphatic carbocycles. The molecule has 0 amide bonds. The van der Waals surface area contributed by atoms with E-state index in [0.29, 0.717) is 6.04 Å². The van der Waals surface area contributed by atoms with Crippen LogP contribution in [0.4, 0.5) is 0 Å². The van der Waals surface area contributed by atoms with E-state index in [0.717, 1.165) is 56.5 Å². The number of nitrogens with one attached hydrogen (secondary N) is 2. The van der Waals surface area contributed by atoms with Gasteiger partial charge in [-0.05, 0) is 30.5 Å². The normalized spacial score (nSPS) is 18.2. The first-order chi connectivity index (χ1) is 12.2. The zero-order chi connectivity index (χ0) is 18.1. The van der Waals surface area contributed by atoms with Crippen LogP contribution in [0.15, 0.2) is 23.2 Å². The van der Waals surface area contributed by atoms with Crippen LogP contribution in [0.3, 0.4) is 0 Å². The molecule has 0 aromatic heterocycles. The Morgan fingerprint density at radius 1 is 1.24 bits per heavy atom. The van der Waals surface area contributed by atoms with Crippen molar-refractivity contribution in [2.75, 3.05) is 40.9 Å². The van der Waals surface area contributed by atoms with Crippen molar-refractivity contribution in [1.29, 1.82) is 0 Å². The molecule has 2 N–H and O–H groups in total. The molecular weight excluding hydrogens is 316 g/mol. The first kappa shape index (κ1) is 19.4. The summed E-state index contributed by atoms with van der Waals surface area (Å²) in [5.74, 6) is 2.58. The maximum atomic E-state index is 5.36. The molecule has 1 atom stereocenters. The third kappa shape index (κ3) is 6.12. The minimum Gasteiger partial charge on any atom is -0.497 e. The number of benzene rings is 1. The Morgan fingerprint density at radius 2 is 1.96 bits per heavy atom. The summed E-state index contributed by atoms with van der Waals surface area (Å²) >= 11 is 0. The van der Waals surface area contributed by atoms with Crippen molar-refractivity contribution < 1.29 is 9.47 Å².